The molecule has 108 valence electrons. The molecule has 0 aromatic carbocycles. The molecule has 21 heavy (non-hydrogen) atoms. The fourth-order valence-electron chi connectivity index (χ4n) is 1.59. The Kier molecular flexibility index (Phi) is 3.70. The van der Waals surface area contributed by atoms with Crippen LogP contribution in [0.15, 0.2) is 38.6 Å². The van der Waals surface area contributed by atoms with Gasteiger partial charge in [0.25, 0.3) is 5.56 Å². The van der Waals surface area contributed by atoms with E-state index in [1.54, 1.807) is 0 Å². The maximum atomic E-state index is 11.7. The molecule has 0 saturated carbocycles. The highest BCUT2D eigenvalue weighted by molar-refractivity contribution is 7.99. The molecule has 3 aromatic rings. The second-order valence-corrected chi connectivity index (χ2v) is 6.34. The lowest BCUT2D eigenvalue weighted by molar-refractivity contribution is 0.696. The van der Waals surface area contributed by atoms with Gasteiger partial charge in [-0.05, 0) is 23.2 Å². The van der Waals surface area contributed by atoms with Gasteiger partial charge < -0.3 is 5.84 Å². The predicted molar refractivity (Wildman–Crippen MR) is 82.1 cm³/mol. The van der Waals surface area contributed by atoms with Gasteiger partial charge in [0.15, 0.2) is 5.82 Å². The van der Waals surface area contributed by atoms with Crippen LogP contribution in [0.4, 0.5) is 0 Å². The molecule has 2 N–H and O–H groups in total. The number of nitrogen functional groups attached to an aromatic ring is 1. The smallest absolute Gasteiger partial charge is 0.286 e. The zero-order chi connectivity index (χ0) is 15.0. The van der Waals surface area contributed by atoms with E-state index in [1.807, 2.05) is 17.5 Å². The zero-order valence-electron chi connectivity index (χ0n) is 10.7. The summed E-state index contributed by atoms with van der Waals surface area (Å²) < 4.78 is 2.53. The number of nitrogens with zero attached hydrogens (tertiary/aromatic N) is 5. The largest absolute Gasteiger partial charge is 0.335 e. The van der Waals surface area contributed by atoms with Crippen molar-refractivity contribution in [3.8, 4) is 10.7 Å². The standard InChI is InChI=1S/C11H9ClN6OS2/c1-17-10(19)8(12)7(5-14-17)21-11-16-15-9(18(11)13)6-3-2-4-20-6/h2-5H,13H2,1H3. The van der Waals surface area contributed by atoms with E-state index in [2.05, 4.69) is 15.3 Å². The summed E-state index contributed by atoms with van der Waals surface area (Å²) in [7, 11) is 1.53. The van der Waals surface area contributed by atoms with Crippen LogP contribution in [0.5, 0.6) is 0 Å². The number of halogens is 1. The van der Waals surface area contributed by atoms with E-state index in [4.69, 9.17) is 17.4 Å². The third-order valence-electron chi connectivity index (χ3n) is 2.65. The molecule has 7 nitrogen and oxygen atoms in total. The number of hydrogen-bond donors (Lipinski definition) is 1. The maximum Gasteiger partial charge on any atom is 0.286 e. The zero-order valence-corrected chi connectivity index (χ0v) is 13.1. The van der Waals surface area contributed by atoms with Crippen LogP contribution in [-0.4, -0.2) is 24.7 Å². The quantitative estimate of drug-likeness (QED) is 0.728. The Morgan fingerprint density at radius 1 is 1.43 bits per heavy atom. The van der Waals surface area contributed by atoms with Gasteiger partial charge >= 0.3 is 0 Å². The molecule has 3 rings (SSSR count). The molecule has 10 heteroatoms. The maximum absolute atomic E-state index is 11.7. The first-order chi connectivity index (χ1) is 10.1. The number of aromatic nitrogens is 5. The minimum absolute atomic E-state index is 0.0816. The highest BCUT2D eigenvalue weighted by Gasteiger charge is 2.16. The van der Waals surface area contributed by atoms with Crippen molar-refractivity contribution in [2.24, 2.45) is 7.05 Å². The molecule has 0 aliphatic heterocycles. The molecule has 3 aromatic heterocycles. The van der Waals surface area contributed by atoms with Crippen LogP contribution >= 0.6 is 34.7 Å². The molecule has 0 aliphatic carbocycles. The summed E-state index contributed by atoms with van der Waals surface area (Å²) >= 11 is 8.67. The van der Waals surface area contributed by atoms with Gasteiger partial charge in [0.2, 0.25) is 5.16 Å². The number of hydrogen-bond acceptors (Lipinski definition) is 7. The van der Waals surface area contributed by atoms with Crippen molar-refractivity contribution in [3.63, 3.8) is 0 Å². The minimum Gasteiger partial charge on any atom is -0.335 e. The minimum atomic E-state index is -0.372. The summed E-state index contributed by atoms with van der Waals surface area (Å²) in [5.74, 6) is 6.55. The van der Waals surface area contributed by atoms with Gasteiger partial charge in [-0.2, -0.15) is 5.10 Å². The summed E-state index contributed by atoms with van der Waals surface area (Å²) in [6, 6.07) is 3.81. The van der Waals surface area contributed by atoms with Crippen molar-refractivity contribution in [3.05, 3.63) is 39.1 Å². The van der Waals surface area contributed by atoms with Crippen LogP contribution in [-0.2, 0) is 7.05 Å². The first kappa shape index (κ1) is 14.1. The van der Waals surface area contributed by atoms with E-state index in [9.17, 15) is 4.79 Å². The van der Waals surface area contributed by atoms with E-state index in [1.165, 1.54) is 29.3 Å². The molecule has 0 radical (unpaired) electrons. The first-order valence-corrected chi connectivity index (χ1v) is 7.79. The molecular formula is C11H9ClN6OS2. The lowest BCUT2D eigenvalue weighted by Gasteiger charge is -2.04. The Hall–Kier alpha value is -1.84. The Labute approximate surface area is 132 Å². The lowest BCUT2D eigenvalue weighted by atomic mass is 10.4. The fraction of sp³-hybridized carbons (Fsp3) is 0.0909. The van der Waals surface area contributed by atoms with E-state index < -0.39 is 0 Å². The van der Waals surface area contributed by atoms with Gasteiger partial charge in [0, 0.05) is 7.05 Å². The van der Waals surface area contributed by atoms with Crippen molar-refractivity contribution in [1.29, 1.82) is 0 Å². The molecule has 0 aliphatic rings. The average Bonchev–Trinajstić information content (AvgIpc) is 3.10. The molecule has 0 unspecified atom stereocenters. The van der Waals surface area contributed by atoms with Crippen molar-refractivity contribution in [2.75, 3.05) is 5.84 Å². The van der Waals surface area contributed by atoms with Gasteiger partial charge in [-0.1, -0.05) is 17.7 Å². The van der Waals surface area contributed by atoms with E-state index in [-0.39, 0.29) is 10.6 Å². The molecular weight excluding hydrogens is 332 g/mol. The van der Waals surface area contributed by atoms with Crippen LogP contribution < -0.4 is 11.4 Å². The lowest BCUT2D eigenvalue weighted by Crippen LogP contribution is -2.20. The van der Waals surface area contributed by atoms with E-state index in [0.717, 1.165) is 21.3 Å². The number of aryl methyl sites for hydroxylation is 1. The Bertz CT molecular complexity index is 841. The molecule has 0 spiro atoms. The monoisotopic (exact) mass is 340 g/mol. The second kappa shape index (κ2) is 5.51. The highest BCUT2D eigenvalue weighted by atomic mass is 35.5. The molecule has 0 saturated heterocycles. The normalized spacial score (nSPS) is 11.0. The van der Waals surface area contributed by atoms with Crippen LogP contribution in [0.25, 0.3) is 10.7 Å². The average molecular weight is 341 g/mol. The summed E-state index contributed by atoms with van der Waals surface area (Å²) in [4.78, 5) is 13.1. The van der Waals surface area contributed by atoms with Crippen molar-refractivity contribution >= 4 is 34.7 Å². The van der Waals surface area contributed by atoms with E-state index in [0.29, 0.717) is 15.9 Å². The number of rotatable bonds is 3. The van der Waals surface area contributed by atoms with Gasteiger partial charge in [0.05, 0.1) is 16.0 Å². The van der Waals surface area contributed by atoms with Crippen molar-refractivity contribution in [1.82, 2.24) is 24.7 Å². The molecule has 3 heterocycles. The van der Waals surface area contributed by atoms with Crippen molar-refractivity contribution in [2.45, 2.75) is 10.1 Å². The van der Waals surface area contributed by atoms with Crippen LogP contribution in [0.1, 0.15) is 0 Å². The number of thiophene rings is 1. The summed E-state index contributed by atoms with van der Waals surface area (Å²) in [5.41, 5.74) is -0.372. The third kappa shape index (κ3) is 2.55. The third-order valence-corrected chi connectivity index (χ3v) is 4.99. The Balaban J connectivity index is 1.97. The topological polar surface area (TPSA) is 91.6 Å². The highest BCUT2D eigenvalue weighted by Crippen LogP contribution is 2.31. The summed E-state index contributed by atoms with van der Waals surface area (Å²) in [6.07, 6.45) is 1.49. The van der Waals surface area contributed by atoms with Crippen molar-refractivity contribution < 1.29 is 0 Å². The molecule has 0 atom stereocenters. The summed E-state index contributed by atoms with van der Waals surface area (Å²) in [5, 5.41) is 14.4. The Morgan fingerprint density at radius 2 is 2.24 bits per heavy atom. The van der Waals surface area contributed by atoms with Crippen LogP contribution in [0.3, 0.4) is 0 Å². The SMILES string of the molecule is Cn1ncc(Sc2nnc(-c3cccs3)n2N)c(Cl)c1=O. The van der Waals surface area contributed by atoms with Crippen LogP contribution in [0, 0.1) is 0 Å². The fourth-order valence-corrected chi connectivity index (χ4v) is 3.32. The van der Waals surface area contributed by atoms with Gasteiger partial charge in [-0.3, -0.25) is 4.79 Å². The van der Waals surface area contributed by atoms with Gasteiger partial charge in [-0.25, -0.2) is 9.36 Å². The first-order valence-electron chi connectivity index (χ1n) is 5.72. The van der Waals surface area contributed by atoms with E-state index >= 15 is 0 Å². The molecule has 0 bridgehead atoms. The summed E-state index contributed by atoms with van der Waals surface area (Å²) in [6.45, 7) is 0. The Morgan fingerprint density at radius 3 is 2.95 bits per heavy atom. The number of nitrogens with two attached hydrogens (primary N) is 1. The predicted octanol–water partition coefficient (Wildman–Crippen LogP) is 1.62. The second-order valence-electron chi connectivity index (χ2n) is 4.01. The van der Waals surface area contributed by atoms with Crippen LogP contribution in [0.2, 0.25) is 5.02 Å². The van der Waals surface area contributed by atoms with Gasteiger partial charge in [0.1, 0.15) is 5.02 Å². The molecule has 0 amide bonds. The van der Waals surface area contributed by atoms with Gasteiger partial charge in [-0.15, -0.1) is 21.5 Å². The molecule has 0 fully saturated rings.